The van der Waals surface area contributed by atoms with Crippen LogP contribution in [0.4, 0.5) is 0 Å². The zero-order valence-corrected chi connectivity index (χ0v) is 11.2. The number of hydrogen-bond acceptors (Lipinski definition) is 2. The highest BCUT2D eigenvalue weighted by Crippen LogP contribution is 2.28. The van der Waals surface area contributed by atoms with Gasteiger partial charge in [0.2, 0.25) is 5.78 Å². The molecule has 0 unspecified atom stereocenters. The van der Waals surface area contributed by atoms with Crippen molar-refractivity contribution >= 4 is 39.6 Å². The predicted molar refractivity (Wildman–Crippen MR) is 75.8 cm³/mol. The van der Waals surface area contributed by atoms with Crippen molar-refractivity contribution in [1.82, 2.24) is 4.98 Å². The quantitative estimate of drug-likeness (QED) is 0.690. The van der Waals surface area contributed by atoms with E-state index < -0.39 is 0 Å². The Morgan fingerprint density at radius 3 is 2.89 bits per heavy atom. The average molecular weight is 276 g/mol. The second-order valence-corrected chi connectivity index (χ2v) is 5.50. The molecule has 0 aliphatic carbocycles. The van der Waals surface area contributed by atoms with Crippen LogP contribution in [0.25, 0.3) is 10.9 Å². The third-order valence-electron chi connectivity index (χ3n) is 2.91. The van der Waals surface area contributed by atoms with Crippen LogP contribution in [0.1, 0.15) is 20.8 Å². The molecule has 3 aromatic rings. The Labute approximate surface area is 113 Å². The Morgan fingerprint density at radius 2 is 2.17 bits per heavy atom. The Hall–Kier alpha value is -1.58. The van der Waals surface area contributed by atoms with Gasteiger partial charge in [0.05, 0.1) is 9.90 Å². The zero-order valence-electron chi connectivity index (χ0n) is 9.66. The number of nitrogens with one attached hydrogen (secondary N) is 1. The van der Waals surface area contributed by atoms with Crippen LogP contribution in [-0.4, -0.2) is 10.8 Å². The highest BCUT2D eigenvalue weighted by Gasteiger charge is 2.17. The van der Waals surface area contributed by atoms with E-state index in [2.05, 4.69) is 4.98 Å². The zero-order chi connectivity index (χ0) is 12.7. The number of carbonyl (C=O) groups is 1. The summed E-state index contributed by atoms with van der Waals surface area (Å²) in [5, 5.41) is 3.29. The van der Waals surface area contributed by atoms with Gasteiger partial charge in [-0.2, -0.15) is 0 Å². The molecule has 2 aromatic heterocycles. The first-order valence-electron chi connectivity index (χ1n) is 5.52. The molecule has 0 bridgehead atoms. The van der Waals surface area contributed by atoms with Crippen molar-refractivity contribution < 1.29 is 4.79 Å². The molecule has 0 fully saturated rings. The van der Waals surface area contributed by atoms with Crippen LogP contribution in [0.5, 0.6) is 0 Å². The highest BCUT2D eigenvalue weighted by atomic mass is 35.5. The molecule has 3 rings (SSSR count). The van der Waals surface area contributed by atoms with Crippen molar-refractivity contribution in [2.24, 2.45) is 0 Å². The van der Waals surface area contributed by atoms with E-state index in [0.29, 0.717) is 15.5 Å². The Bertz CT molecular complexity index is 741. The molecule has 18 heavy (non-hydrogen) atoms. The molecule has 1 aromatic carbocycles. The monoisotopic (exact) mass is 275 g/mol. The van der Waals surface area contributed by atoms with Gasteiger partial charge in [-0.25, -0.2) is 0 Å². The second-order valence-electron chi connectivity index (χ2n) is 4.18. The largest absolute Gasteiger partial charge is 0.360 e. The van der Waals surface area contributed by atoms with Crippen LogP contribution in [0.2, 0.25) is 5.02 Å². The lowest BCUT2D eigenvalue weighted by Gasteiger charge is -1.98. The van der Waals surface area contributed by atoms with E-state index in [1.165, 1.54) is 11.3 Å². The lowest BCUT2D eigenvalue weighted by Crippen LogP contribution is -1.97. The van der Waals surface area contributed by atoms with Crippen LogP contribution >= 0.6 is 22.9 Å². The van der Waals surface area contributed by atoms with Gasteiger partial charge >= 0.3 is 0 Å². The van der Waals surface area contributed by atoms with Crippen molar-refractivity contribution in [3.63, 3.8) is 0 Å². The number of hydrogen-bond donors (Lipinski definition) is 1. The summed E-state index contributed by atoms with van der Waals surface area (Å²) in [7, 11) is 0. The van der Waals surface area contributed by atoms with E-state index in [0.717, 1.165) is 16.5 Å². The Morgan fingerprint density at radius 1 is 1.33 bits per heavy atom. The average Bonchev–Trinajstić information content (AvgIpc) is 2.94. The number of fused-ring (bicyclic) bond motifs is 1. The molecule has 0 aliphatic heterocycles. The maximum atomic E-state index is 12.4. The van der Waals surface area contributed by atoms with Crippen LogP contribution in [0.15, 0.2) is 35.8 Å². The summed E-state index contributed by atoms with van der Waals surface area (Å²) in [6.07, 6.45) is 1.75. The van der Waals surface area contributed by atoms with E-state index in [1.54, 1.807) is 12.3 Å². The maximum absolute atomic E-state index is 12.4. The summed E-state index contributed by atoms with van der Waals surface area (Å²) < 4.78 is 0. The van der Waals surface area contributed by atoms with Gasteiger partial charge in [-0.1, -0.05) is 23.7 Å². The van der Waals surface area contributed by atoms with Crippen LogP contribution in [-0.2, 0) is 0 Å². The van der Waals surface area contributed by atoms with Crippen molar-refractivity contribution in [2.45, 2.75) is 6.92 Å². The molecule has 2 nitrogen and oxygen atoms in total. The van der Waals surface area contributed by atoms with E-state index in [4.69, 9.17) is 11.6 Å². The third-order valence-corrected chi connectivity index (χ3v) is 4.25. The summed E-state index contributed by atoms with van der Waals surface area (Å²) in [5.41, 5.74) is 2.82. The maximum Gasteiger partial charge on any atom is 0.206 e. The number of ketones is 1. The molecular formula is C14H10ClNOS. The highest BCUT2D eigenvalue weighted by molar-refractivity contribution is 7.13. The van der Waals surface area contributed by atoms with Gasteiger partial charge < -0.3 is 4.98 Å². The van der Waals surface area contributed by atoms with Crippen LogP contribution in [0.3, 0.4) is 0 Å². The van der Waals surface area contributed by atoms with E-state index >= 15 is 0 Å². The fourth-order valence-corrected chi connectivity index (χ4v) is 3.10. The standard InChI is InChI=1S/C14H10ClNOS/c1-8-2-3-9-10(7-16-12(9)6-8)13(17)14-11(15)4-5-18-14/h2-7,16H,1H3. The van der Waals surface area contributed by atoms with Gasteiger partial charge in [-0.15, -0.1) is 11.3 Å². The molecule has 0 aliphatic rings. The molecule has 0 atom stereocenters. The number of rotatable bonds is 2. The lowest BCUT2D eigenvalue weighted by atomic mass is 10.1. The first-order valence-corrected chi connectivity index (χ1v) is 6.78. The van der Waals surface area contributed by atoms with Crippen molar-refractivity contribution in [3.8, 4) is 0 Å². The van der Waals surface area contributed by atoms with Crippen molar-refractivity contribution in [1.29, 1.82) is 0 Å². The molecule has 0 spiro atoms. The fourth-order valence-electron chi connectivity index (χ4n) is 2.01. The molecular weight excluding hydrogens is 266 g/mol. The van der Waals surface area contributed by atoms with Crippen molar-refractivity contribution in [3.05, 3.63) is 56.9 Å². The molecule has 0 amide bonds. The number of carbonyl (C=O) groups excluding carboxylic acids is 1. The number of aromatic amines is 1. The van der Waals surface area contributed by atoms with Gasteiger partial charge in [0.25, 0.3) is 0 Å². The first kappa shape index (κ1) is 11.5. The number of benzene rings is 1. The Balaban J connectivity index is 2.16. The van der Waals surface area contributed by atoms with Gasteiger partial charge in [0.1, 0.15) is 0 Å². The molecule has 2 heterocycles. The van der Waals surface area contributed by atoms with Crippen LogP contribution < -0.4 is 0 Å². The first-order chi connectivity index (χ1) is 8.66. The normalized spacial score (nSPS) is 11.0. The molecule has 0 saturated heterocycles. The van der Waals surface area contributed by atoms with Gasteiger partial charge in [-0.3, -0.25) is 4.79 Å². The number of aryl methyl sites for hydroxylation is 1. The molecule has 4 heteroatoms. The minimum absolute atomic E-state index is 0.0231. The number of thiophene rings is 1. The number of halogens is 1. The SMILES string of the molecule is Cc1ccc2c(C(=O)c3sccc3Cl)c[nH]c2c1. The Kier molecular flexibility index (Phi) is 2.73. The minimum atomic E-state index is -0.0231. The smallest absolute Gasteiger partial charge is 0.206 e. The summed E-state index contributed by atoms with van der Waals surface area (Å²) in [5.74, 6) is -0.0231. The second kappa shape index (κ2) is 4.26. The molecule has 1 N–H and O–H groups in total. The summed E-state index contributed by atoms with van der Waals surface area (Å²) in [6.45, 7) is 2.03. The van der Waals surface area contributed by atoms with E-state index in [-0.39, 0.29) is 5.78 Å². The van der Waals surface area contributed by atoms with Gasteiger partial charge in [-0.05, 0) is 30.0 Å². The summed E-state index contributed by atoms with van der Waals surface area (Å²) in [4.78, 5) is 16.1. The number of aromatic nitrogens is 1. The van der Waals surface area contributed by atoms with Crippen molar-refractivity contribution in [2.75, 3.05) is 0 Å². The molecule has 90 valence electrons. The third kappa shape index (κ3) is 1.76. The minimum Gasteiger partial charge on any atom is -0.360 e. The summed E-state index contributed by atoms with van der Waals surface area (Å²) >= 11 is 7.38. The van der Waals surface area contributed by atoms with Gasteiger partial charge in [0, 0.05) is 22.7 Å². The predicted octanol–water partition coefficient (Wildman–Crippen LogP) is 4.42. The topological polar surface area (TPSA) is 32.9 Å². The van der Waals surface area contributed by atoms with E-state index in [1.807, 2.05) is 30.5 Å². The summed E-state index contributed by atoms with van der Waals surface area (Å²) in [6, 6.07) is 7.75. The molecule has 0 saturated carbocycles. The number of H-pyrrole nitrogens is 1. The van der Waals surface area contributed by atoms with E-state index in [9.17, 15) is 4.79 Å². The fraction of sp³-hybridized carbons (Fsp3) is 0.0714. The lowest BCUT2D eigenvalue weighted by molar-refractivity contribution is 0.104. The van der Waals surface area contributed by atoms with Crippen LogP contribution in [0, 0.1) is 6.92 Å². The molecule has 0 radical (unpaired) electrons. The van der Waals surface area contributed by atoms with Gasteiger partial charge in [0.15, 0.2) is 0 Å².